The predicted octanol–water partition coefficient (Wildman–Crippen LogP) is 4.82. The van der Waals surface area contributed by atoms with Crippen LogP contribution in [0.25, 0.3) is 0 Å². The molecule has 0 saturated heterocycles. The normalized spacial score (nSPS) is 26.3. The number of nitrogens with two attached hydrogens (primary N) is 1. The van der Waals surface area contributed by atoms with Crippen molar-refractivity contribution in [1.82, 2.24) is 5.32 Å². The molecule has 1 aromatic rings. The quantitative estimate of drug-likeness (QED) is 0.539. The van der Waals surface area contributed by atoms with Gasteiger partial charge in [-0.05, 0) is 69.1 Å². The molecule has 0 heterocycles. The largest absolute Gasteiger partial charge is 0.394 e. The van der Waals surface area contributed by atoms with E-state index >= 15 is 0 Å². The van der Waals surface area contributed by atoms with Gasteiger partial charge in [0, 0.05) is 23.2 Å². The zero-order chi connectivity index (χ0) is 20.9. The molecule has 0 spiro atoms. The first-order chi connectivity index (χ1) is 14.6. The van der Waals surface area contributed by atoms with Crippen LogP contribution in [0.2, 0.25) is 0 Å². The Bertz CT molecular complexity index is 804. The standard InChI is InChI=1S/C25H34FN3O/c26-19-12-10-17(11-13-19)16-18-6-4-5-9-22(23(27)25(30)29-21-14-15-21)24(18)28-20-7-2-1-3-8-20/h10-13,18,20-21H,1-9,14-16,27H2,(H,29,30)/b23-22-,28-24?. The van der Waals surface area contributed by atoms with Crippen molar-refractivity contribution in [1.29, 1.82) is 0 Å². The summed E-state index contributed by atoms with van der Waals surface area (Å²) in [5.41, 5.74) is 9.93. The first-order valence-electron chi connectivity index (χ1n) is 11.7. The number of amides is 1. The summed E-state index contributed by atoms with van der Waals surface area (Å²) in [5.74, 6) is -0.120. The Morgan fingerprint density at radius 1 is 1.00 bits per heavy atom. The van der Waals surface area contributed by atoms with E-state index in [4.69, 9.17) is 10.7 Å². The van der Waals surface area contributed by atoms with Crippen molar-refractivity contribution in [2.75, 3.05) is 0 Å². The Labute approximate surface area is 179 Å². The van der Waals surface area contributed by atoms with Gasteiger partial charge >= 0.3 is 0 Å². The average molecular weight is 412 g/mol. The van der Waals surface area contributed by atoms with Crippen LogP contribution in [-0.4, -0.2) is 23.7 Å². The molecule has 0 aliphatic heterocycles. The molecule has 3 aliphatic rings. The number of carbonyl (C=O) groups is 1. The number of nitrogens with zero attached hydrogens (tertiary/aromatic N) is 1. The van der Waals surface area contributed by atoms with Gasteiger partial charge in [0.05, 0.1) is 6.04 Å². The molecule has 1 unspecified atom stereocenters. The number of nitrogens with one attached hydrogen (secondary N) is 1. The number of allylic oxidation sites excluding steroid dienone is 1. The van der Waals surface area contributed by atoms with Crippen molar-refractivity contribution >= 4 is 11.6 Å². The number of rotatable bonds is 5. The minimum Gasteiger partial charge on any atom is -0.394 e. The maximum Gasteiger partial charge on any atom is 0.267 e. The van der Waals surface area contributed by atoms with Crippen LogP contribution in [0.5, 0.6) is 0 Å². The fraction of sp³-hybridized carbons (Fsp3) is 0.600. The minimum atomic E-state index is -0.211. The highest BCUT2D eigenvalue weighted by molar-refractivity contribution is 6.09. The van der Waals surface area contributed by atoms with Gasteiger partial charge in [-0.1, -0.05) is 37.8 Å². The summed E-state index contributed by atoms with van der Waals surface area (Å²) in [4.78, 5) is 18.0. The predicted molar refractivity (Wildman–Crippen MR) is 119 cm³/mol. The van der Waals surface area contributed by atoms with E-state index < -0.39 is 0 Å². The summed E-state index contributed by atoms with van der Waals surface area (Å²) >= 11 is 0. The van der Waals surface area contributed by atoms with Crippen molar-refractivity contribution in [3.8, 4) is 0 Å². The summed E-state index contributed by atoms with van der Waals surface area (Å²) in [6.45, 7) is 0. The summed E-state index contributed by atoms with van der Waals surface area (Å²) < 4.78 is 13.4. The fourth-order valence-electron chi connectivity index (χ4n) is 4.80. The SMILES string of the molecule is N/C(C(=O)NC1CC1)=C1/CCCCC(Cc2ccc(F)cc2)C1=NC1CCCCC1. The van der Waals surface area contributed by atoms with Gasteiger partial charge in [0.1, 0.15) is 11.5 Å². The molecular weight excluding hydrogens is 377 g/mol. The first kappa shape index (κ1) is 21.1. The van der Waals surface area contributed by atoms with Gasteiger partial charge in [0.2, 0.25) is 0 Å². The lowest BCUT2D eigenvalue weighted by Crippen LogP contribution is -2.33. The molecule has 0 bridgehead atoms. The highest BCUT2D eigenvalue weighted by Crippen LogP contribution is 2.32. The molecule has 3 fully saturated rings. The molecule has 30 heavy (non-hydrogen) atoms. The Balaban J connectivity index is 1.65. The molecule has 1 atom stereocenters. The second kappa shape index (κ2) is 9.76. The van der Waals surface area contributed by atoms with Crippen LogP contribution in [0, 0.1) is 11.7 Å². The van der Waals surface area contributed by atoms with Gasteiger partial charge in [0.25, 0.3) is 5.91 Å². The molecule has 3 N–H and O–H groups in total. The van der Waals surface area contributed by atoms with E-state index in [1.807, 2.05) is 12.1 Å². The second-order valence-electron chi connectivity index (χ2n) is 9.22. The first-order valence-corrected chi connectivity index (χ1v) is 11.7. The molecule has 1 aromatic carbocycles. The Kier molecular flexibility index (Phi) is 6.86. The van der Waals surface area contributed by atoms with E-state index in [-0.39, 0.29) is 23.7 Å². The van der Waals surface area contributed by atoms with E-state index in [0.717, 1.165) is 74.6 Å². The van der Waals surface area contributed by atoms with Crippen molar-refractivity contribution in [3.63, 3.8) is 0 Å². The van der Waals surface area contributed by atoms with Crippen molar-refractivity contribution < 1.29 is 9.18 Å². The number of benzene rings is 1. The molecule has 5 heteroatoms. The van der Waals surface area contributed by atoms with E-state index in [0.29, 0.717) is 11.7 Å². The zero-order valence-corrected chi connectivity index (χ0v) is 17.8. The maximum absolute atomic E-state index is 13.4. The van der Waals surface area contributed by atoms with Gasteiger partial charge in [-0.2, -0.15) is 0 Å². The fourth-order valence-corrected chi connectivity index (χ4v) is 4.80. The molecule has 3 saturated carbocycles. The smallest absolute Gasteiger partial charge is 0.267 e. The van der Waals surface area contributed by atoms with Gasteiger partial charge < -0.3 is 11.1 Å². The molecule has 0 radical (unpaired) electrons. The topological polar surface area (TPSA) is 67.5 Å². The summed E-state index contributed by atoms with van der Waals surface area (Å²) in [7, 11) is 0. The molecule has 3 aliphatic carbocycles. The van der Waals surface area contributed by atoms with Crippen LogP contribution < -0.4 is 11.1 Å². The summed E-state index contributed by atoms with van der Waals surface area (Å²) in [6, 6.07) is 7.40. The molecule has 162 valence electrons. The number of hydrogen-bond donors (Lipinski definition) is 2. The average Bonchev–Trinajstić information content (AvgIpc) is 3.59. The van der Waals surface area contributed by atoms with Crippen molar-refractivity contribution in [2.45, 2.75) is 89.1 Å². The van der Waals surface area contributed by atoms with Crippen LogP contribution in [0.15, 0.2) is 40.5 Å². The van der Waals surface area contributed by atoms with E-state index in [9.17, 15) is 9.18 Å². The van der Waals surface area contributed by atoms with Crippen molar-refractivity contribution in [2.24, 2.45) is 16.6 Å². The molecule has 4 rings (SSSR count). The van der Waals surface area contributed by atoms with Crippen LogP contribution in [-0.2, 0) is 11.2 Å². The highest BCUT2D eigenvalue weighted by atomic mass is 19.1. The highest BCUT2D eigenvalue weighted by Gasteiger charge is 2.30. The van der Waals surface area contributed by atoms with Gasteiger partial charge in [-0.15, -0.1) is 0 Å². The molecule has 0 aromatic heterocycles. The monoisotopic (exact) mass is 411 g/mol. The van der Waals surface area contributed by atoms with Gasteiger partial charge in [0.15, 0.2) is 0 Å². The van der Waals surface area contributed by atoms with Crippen LogP contribution in [0.1, 0.15) is 76.2 Å². The lowest BCUT2D eigenvalue weighted by Gasteiger charge is -2.25. The number of hydrogen-bond acceptors (Lipinski definition) is 3. The van der Waals surface area contributed by atoms with Crippen LogP contribution >= 0.6 is 0 Å². The van der Waals surface area contributed by atoms with Crippen molar-refractivity contribution in [3.05, 3.63) is 46.9 Å². The molecule has 4 nitrogen and oxygen atoms in total. The third-order valence-electron chi connectivity index (χ3n) is 6.70. The lowest BCUT2D eigenvalue weighted by atomic mass is 9.87. The van der Waals surface area contributed by atoms with Crippen LogP contribution in [0.3, 0.4) is 0 Å². The van der Waals surface area contributed by atoms with E-state index in [2.05, 4.69) is 5.32 Å². The zero-order valence-electron chi connectivity index (χ0n) is 17.8. The number of halogens is 1. The molecule has 1 amide bonds. The number of carbonyl (C=O) groups excluding carboxylic acids is 1. The second-order valence-corrected chi connectivity index (χ2v) is 9.22. The van der Waals surface area contributed by atoms with Crippen LogP contribution in [0.4, 0.5) is 4.39 Å². The van der Waals surface area contributed by atoms with E-state index in [1.54, 1.807) is 0 Å². The summed E-state index contributed by atoms with van der Waals surface area (Å²) in [6.07, 6.45) is 12.8. The Morgan fingerprint density at radius 3 is 2.40 bits per heavy atom. The lowest BCUT2D eigenvalue weighted by molar-refractivity contribution is -0.117. The minimum absolute atomic E-state index is 0.133. The van der Waals surface area contributed by atoms with Gasteiger partial charge in [-0.25, -0.2) is 4.39 Å². The van der Waals surface area contributed by atoms with Gasteiger partial charge in [-0.3, -0.25) is 9.79 Å². The van der Waals surface area contributed by atoms with E-state index in [1.165, 1.54) is 31.4 Å². The number of aliphatic imine (C=N–C) groups is 1. The Morgan fingerprint density at radius 2 is 1.70 bits per heavy atom. The summed E-state index contributed by atoms with van der Waals surface area (Å²) in [5, 5.41) is 3.05. The third kappa shape index (κ3) is 5.50. The molecular formula is C25H34FN3O. The Hall–Kier alpha value is -2.17. The maximum atomic E-state index is 13.4. The third-order valence-corrected chi connectivity index (χ3v) is 6.70.